The monoisotopic (exact) mass is 492 g/mol. The summed E-state index contributed by atoms with van der Waals surface area (Å²) in [5.41, 5.74) is 4.15. The fourth-order valence-electron chi connectivity index (χ4n) is 4.32. The summed E-state index contributed by atoms with van der Waals surface area (Å²) in [7, 11) is 1.81. The highest BCUT2D eigenvalue weighted by Gasteiger charge is 2.22. The highest BCUT2D eigenvalue weighted by Crippen LogP contribution is 2.33. The van der Waals surface area contributed by atoms with E-state index >= 15 is 0 Å². The standard InChI is InChI=1S/C31H28N2O4/c1-32(20-23-9-4-2-5-10-23)30(34)18-25-13-8-14-27(17-25)33(21-24-11-6-3-7-12-24)31(35)26-15-16-28-29(19-26)37-22-36-28/h2-17,19H,18,20-22H2,1H3. The number of carbonyl (C=O) groups excluding carboxylic acids is 2. The fraction of sp³-hybridized carbons (Fsp3) is 0.161. The molecule has 4 aromatic carbocycles. The number of hydrogen-bond acceptors (Lipinski definition) is 4. The molecular weight excluding hydrogens is 464 g/mol. The number of carbonyl (C=O) groups is 2. The summed E-state index contributed by atoms with van der Waals surface area (Å²) in [6.07, 6.45) is 0.245. The van der Waals surface area contributed by atoms with Crippen LogP contribution in [-0.2, 0) is 24.3 Å². The summed E-state index contributed by atoms with van der Waals surface area (Å²) in [6.45, 7) is 1.08. The van der Waals surface area contributed by atoms with Crippen LogP contribution in [0.4, 0.5) is 5.69 Å². The summed E-state index contributed by atoms with van der Waals surface area (Å²) >= 11 is 0. The Morgan fingerprint density at radius 3 is 2.08 bits per heavy atom. The molecule has 0 radical (unpaired) electrons. The van der Waals surface area contributed by atoms with E-state index in [1.165, 1.54) is 0 Å². The van der Waals surface area contributed by atoms with Crippen LogP contribution < -0.4 is 14.4 Å². The molecular formula is C31H28N2O4. The first-order valence-electron chi connectivity index (χ1n) is 12.2. The van der Waals surface area contributed by atoms with Crippen LogP contribution >= 0.6 is 0 Å². The van der Waals surface area contributed by atoms with Gasteiger partial charge in [0.05, 0.1) is 13.0 Å². The molecule has 1 aliphatic rings. The summed E-state index contributed by atoms with van der Waals surface area (Å²) in [5, 5.41) is 0. The molecule has 6 nitrogen and oxygen atoms in total. The van der Waals surface area contributed by atoms with Crippen LogP contribution in [0.5, 0.6) is 11.5 Å². The van der Waals surface area contributed by atoms with E-state index in [0.29, 0.717) is 30.2 Å². The van der Waals surface area contributed by atoms with Gasteiger partial charge in [0.1, 0.15) is 0 Å². The van der Waals surface area contributed by atoms with E-state index in [0.717, 1.165) is 22.4 Å². The maximum absolute atomic E-state index is 13.7. The van der Waals surface area contributed by atoms with Gasteiger partial charge in [0.25, 0.3) is 5.91 Å². The highest BCUT2D eigenvalue weighted by molar-refractivity contribution is 6.06. The van der Waals surface area contributed by atoms with Crippen molar-refractivity contribution in [1.82, 2.24) is 4.90 Å². The Kier molecular flexibility index (Phi) is 7.17. The second-order valence-corrected chi connectivity index (χ2v) is 9.03. The molecule has 186 valence electrons. The molecule has 37 heavy (non-hydrogen) atoms. The Morgan fingerprint density at radius 1 is 0.703 bits per heavy atom. The molecule has 0 fully saturated rings. The number of benzene rings is 4. The van der Waals surface area contributed by atoms with Crippen molar-refractivity contribution in [2.75, 3.05) is 18.7 Å². The molecule has 0 aromatic heterocycles. The van der Waals surface area contributed by atoms with Gasteiger partial charge >= 0.3 is 0 Å². The van der Waals surface area contributed by atoms with Crippen molar-refractivity contribution in [3.05, 3.63) is 125 Å². The van der Waals surface area contributed by atoms with Crippen LogP contribution in [0.3, 0.4) is 0 Å². The summed E-state index contributed by atoms with van der Waals surface area (Å²) in [5.74, 6) is 1.04. The van der Waals surface area contributed by atoms with Gasteiger partial charge in [-0.2, -0.15) is 0 Å². The average molecular weight is 493 g/mol. The second-order valence-electron chi connectivity index (χ2n) is 9.03. The van der Waals surface area contributed by atoms with Crippen LogP contribution in [0.2, 0.25) is 0 Å². The van der Waals surface area contributed by atoms with E-state index in [2.05, 4.69) is 0 Å². The molecule has 0 unspecified atom stereocenters. The second kappa shape index (κ2) is 11.0. The number of ether oxygens (including phenoxy) is 2. The lowest BCUT2D eigenvalue weighted by atomic mass is 10.1. The quantitative estimate of drug-likeness (QED) is 0.328. The van der Waals surface area contributed by atoms with Gasteiger partial charge in [0, 0.05) is 24.8 Å². The maximum Gasteiger partial charge on any atom is 0.258 e. The van der Waals surface area contributed by atoms with Crippen molar-refractivity contribution >= 4 is 17.5 Å². The van der Waals surface area contributed by atoms with Gasteiger partial charge in [-0.1, -0.05) is 72.8 Å². The Hall–Kier alpha value is -4.58. The molecule has 6 heteroatoms. The topological polar surface area (TPSA) is 59.1 Å². The molecule has 0 saturated carbocycles. The molecule has 5 rings (SSSR count). The molecule has 1 heterocycles. The molecule has 4 aromatic rings. The summed E-state index contributed by atoms with van der Waals surface area (Å²) < 4.78 is 10.9. The maximum atomic E-state index is 13.7. The SMILES string of the molecule is CN(Cc1ccccc1)C(=O)Cc1cccc(N(Cc2ccccc2)C(=O)c2ccc3c(c2)OCO3)c1. The number of hydrogen-bond donors (Lipinski definition) is 0. The molecule has 0 atom stereocenters. The van der Waals surface area contributed by atoms with Crippen LogP contribution in [0.15, 0.2) is 103 Å². The molecule has 2 amide bonds. The fourth-order valence-corrected chi connectivity index (χ4v) is 4.32. The van der Waals surface area contributed by atoms with E-state index in [4.69, 9.17) is 9.47 Å². The first kappa shape index (κ1) is 24.1. The number of rotatable bonds is 8. The zero-order chi connectivity index (χ0) is 25.6. The van der Waals surface area contributed by atoms with Gasteiger partial charge in [-0.3, -0.25) is 9.59 Å². The van der Waals surface area contributed by atoms with Gasteiger partial charge in [-0.05, 0) is 47.0 Å². The third kappa shape index (κ3) is 5.81. The van der Waals surface area contributed by atoms with Crippen LogP contribution in [0.1, 0.15) is 27.0 Å². The Balaban J connectivity index is 1.38. The van der Waals surface area contributed by atoms with Crippen LogP contribution in [0, 0.1) is 0 Å². The molecule has 0 N–H and O–H groups in total. The molecule has 0 aliphatic carbocycles. The van der Waals surface area contributed by atoms with E-state index in [1.807, 2.05) is 92.0 Å². The summed E-state index contributed by atoms with van der Waals surface area (Å²) in [4.78, 5) is 30.2. The average Bonchev–Trinajstić information content (AvgIpc) is 3.41. The van der Waals surface area contributed by atoms with E-state index in [1.54, 1.807) is 28.0 Å². The van der Waals surface area contributed by atoms with Gasteiger partial charge in [-0.15, -0.1) is 0 Å². The van der Waals surface area contributed by atoms with Crippen molar-refractivity contribution in [2.24, 2.45) is 0 Å². The Morgan fingerprint density at radius 2 is 1.35 bits per heavy atom. The van der Waals surface area contributed by atoms with Gasteiger partial charge in [-0.25, -0.2) is 0 Å². The van der Waals surface area contributed by atoms with Crippen LogP contribution in [-0.4, -0.2) is 30.6 Å². The number of amides is 2. The normalized spacial score (nSPS) is 11.7. The number of anilines is 1. The minimum atomic E-state index is -0.160. The minimum Gasteiger partial charge on any atom is -0.454 e. The Bertz CT molecular complexity index is 1390. The molecule has 0 spiro atoms. The van der Waals surface area contributed by atoms with Crippen LogP contribution in [0.25, 0.3) is 0 Å². The molecule has 1 aliphatic heterocycles. The smallest absolute Gasteiger partial charge is 0.258 e. The lowest BCUT2D eigenvalue weighted by Gasteiger charge is -2.24. The zero-order valence-electron chi connectivity index (χ0n) is 20.7. The van der Waals surface area contributed by atoms with E-state index in [9.17, 15) is 9.59 Å². The minimum absolute atomic E-state index is 0.0118. The number of likely N-dealkylation sites (N-methyl/N-ethyl adjacent to an activating group) is 1. The van der Waals surface area contributed by atoms with Crippen molar-refractivity contribution in [1.29, 1.82) is 0 Å². The van der Waals surface area contributed by atoms with Crippen molar-refractivity contribution in [3.63, 3.8) is 0 Å². The first-order chi connectivity index (χ1) is 18.1. The Labute approximate surface area is 216 Å². The summed E-state index contributed by atoms with van der Waals surface area (Å²) in [6, 6.07) is 32.6. The van der Waals surface area contributed by atoms with Gasteiger partial charge in [0.15, 0.2) is 11.5 Å². The highest BCUT2D eigenvalue weighted by atomic mass is 16.7. The van der Waals surface area contributed by atoms with Crippen molar-refractivity contribution in [3.8, 4) is 11.5 Å². The molecule has 0 saturated heterocycles. The third-order valence-corrected chi connectivity index (χ3v) is 6.31. The lowest BCUT2D eigenvalue weighted by molar-refractivity contribution is -0.129. The predicted octanol–water partition coefficient (Wildman–Crippen LogP) is 5.46. The predicted molar refractivity (Wildman–Crippen MR) is 143 cm³/mol. The van der Waals surface area contributed by atoms with E-state index < -0.39 is 0 Å². The molecule has 0 bridgehead atoms. The lowest BCUT2D eigenvalue weighted by Crippen LogP contribution is -2.31. The third-order valence-electron chi connectivity index (χ3n) is 6.31. The largest absolute Gasteiger partial charge is 0.454 e. The van der Waals surface area contributed by atoms with E-state index in [-0.39, 0.29) is 25.0 Å². The zero-order valence-corrected chi connectivity index (χ0v) is 20.7. The van der Waals surface area contributed by atoms with Crippen molar-refractivity contribution in [2.45, 2.75) is 19.5 Å². The number of fused-ring (bicyclic) bond motifs is 1. The first-order valence-corrected chi connectivity index (χ1v) is 12.2. The van der Waals surface area contributed by atoms with Gasteiger partial charge in [0.2, 0.25) is 12.7 Å². The van der Waals surface area contributed by atoms with Crippen molar-refractivity contribution < 1.29 is 19.1 Å². The van der Waals surface area contributed by atoms with Gasteiger partial charge < -0.3 is 19.3 Å². The number of nitrogens with zero attached hydrogens (tertiary/aromatic N) is 2.